The minimum Gasteiger partial charge on any atom is -0.477 e. The zero-order valence-electron chi connectivity index (χ0n) is 15.2. The molecule has 0 aliphatic heterocycles. The molecule has 1 heterocycles. The van der Waals surface area contributed by atoms with Gasteiger partial charge in [-0.25, -0.2) is 4.79 Å². The Morgan fingerprint density at radius 1 is 1.28 bits per heavy atom. The van der Waals surface area contributed by atoms with Gasteiger partial charge in [0.25, 0.3) is 11.5 Å². The highest BCUT2D eigenvalue weighted by Gasteiger charge is 2.21. The third-order valence-corrected chi connectivity index (χ3v) is 5.81. The van der Waals surface area contributed by atoms with Gasteiger partial charge in [-0.1, -0.05) is 41.9 Å². The number of halogens is 2. The maximum absolute atomic E-state index is 12.7. The van der Waals surface area contributed by atoms with E-state index in [1.165, 1.54) is 19.2 Å². The van der Waals surface area contributed by atoms with Crippen LogP contribution in [-0.4, -0.2) is 29.1 Å². The summed E-state index contributed by atoms with van der Waals surface area (Å²) >= 11 is 9.61. The quantitative estimate of drug-likeness (QED) is 0.500. The van der Waals surface area contributed by atoms with Crippen LogP contribution in [0, 0.1) is 0 Å². The van der Waals surface area contributed by atoms with Crippen LogP contribution < -0.4 is 10.9 Å². The van der Waals surface area contributed by atoms with Gasteiger partial charge in [0.15, 0.2) is 6.10 Å². The number of methoxy groups -OCH3 is 1. The molecule has 0 bridgehead atoms. The Bertz CT molecular complexity index is 1150. The second-order valence-electron chi connectivity index (χ2n) is 6.18. The van der Waals surface area contributed by atoms with Gasteiger partial charge in [-0.3, -0.25) is 9.59 Å². The minimum absolute atomic E-state index is 0.0333. The number of fused-ring (bicyclic) bond motifs is 1. The standard InChI is InChI=1S/C20H16BrClN2O5/c1-29-17(10-5-3-2-4-6-10)19(26)23-9-13-15(21)14(22)8-11-7-12(20(27)28)18(25)24-16(11)13/h2-8,17H,9H2,1H3,(H,23,26)(H,24,25)(H,27,28). The lowest BCUT2D eigenvalue weighted by Gasteiger charge is -2.17. The van der Waals surface area contributed by atoms with Crippen LogP contribution in [0.4, 0.5) is 0 Å². The molecule has 0 spiro atoms. The van der Waals surface area contributed by atoms with Crippen molar-refractivity contribution in [2.75, 3.05) is 7.11 Å². The number of aromatic amines is 1. The van der Waals surface area contributed by atoms with Crippen LogP contribution in [0.3, 0.4) is 0 Å². The maximum atomic E-state index is 12.7. The number of aromatic nitrogens is 1. The third kappa shape index (κ3) is 4.34. The molecule has 1 atom stereocenters. The number of carbonyl (C=O) groups excluding carboxylic acids is 1. The van der Waals surface area contributed by atoms with Crippen LogP contribution in [0.2, 0.25) is 5.02 Å². The average molecular weight is 480 g/mol. The predicted octanol–water partition coefficient (Wildman–Crippen LogP) is 3.65. The van der Waals surface area contributed by atoms with E-state index in [0.717, 1.165) is 0 Å². The molecule has 2 aromatic carbocycles. The Labute approximate surface area is 178 Å². The van der Waals surface area contributed by atoms with E-state index in [0.29, 0.717) is 31.5 Å². The van der Waals surface area contributed by atoms with E-state index in [9.17, 15) is 14.4 Å². The predicted molar refractivity (Wildman–Crippen MR) is 112 cm³/mol. The van der Waals surface area contributed by atoms with Crippen molar-refractivity contribution in [3.05, 3.63) is 79.0 Å². The Hall–Kier alpha value is -2.68. The summed E-state index contributed by atoms with van der Waals surface area (Å²) in [5, 5.41) is 12.7. The van der Waals surface area contributed by atoms with Gasteiger partial charge in [0.2, 0.25) is 0 Å². The van der Waals surface area contributed by atoms with Gasteiger partial charge in [-0.2, -0.15) is 0 Å². The zero-order chi connectivity index (χ0) is 21.1. The number of carbonyl (C=O) groups is 2. The highest BCUT2D eigenvalue weighted by molar-refractivity contribution is 9.10. The molecule has 29 heavy (non-hydrogen) atoms. The van der Waals surface area contributed by atoms with Crippen molar-refractivity contribution in [1.82, 2.24) is 10.3 Å². The van der Waals surface area contributed by atoms with Gasteiger partial charge in [-0.05, 0) is 33.6 Å². The number of rotatable bonds is 6. The number of H-pyrrole nitrogens is 1. The Balaban J connectivity index is 1.96. The van der Waals surface area contributed by atoms with Gasteiger partial charge in [0, 0.05) is 29.1 Å². The second kappa shape index (κ2) is 8.77. The molecule has 0 aliphatic rings. The minimum atomic E-state index is -1.34. The second-order valence-corrected chi connectivity index (χ2v) is 7.38. The SMILES string of the molecule is COC(C(=O)NCc1c(Br)c(Cl)cc2cc(C(=O)O)c(=O)[nH]c12)c1ccccc1. The van der Waals surface area contributed by atoms with Crippen LogP contribution in [-0.2, 0) is 16.1 Å². The van der Waals surface area contributed by atoms with Gasteiger partial charge >= 0.3 is 5.97 Å². The summed E-state index contributed by atoms with van der Waals surface area (Å²) in [6.07, 6.45) is -0.807. The van der Waals surface area contributed by atoms with E-state index in [2.05, 4.69) is 26.2 Å². The van der Waals surface area contributed by atoms with Crippen LogP contribution in [0.1, 0.15) is 27.6 Å². The molecule has 0 saturated heterocycles. The fraction of sp³-hybridized carbons (Fsp3) is 0.150. The molecule has 0 aliphatic carbocycles. The van der Waals surface area contributed by atoms with E-state index in [4.69, 9.17) is 21.4 Å². The number of carboxylic acids is 1. The Morgan fingerprint density at radius 3 is 2.59 bits per heavy atom. The van der Waals surface area contributed by atoms with Gasteiger partial charge in [0.1, 0.15) is 5.56 Å². The normalized spacial score (nSPS) is 12.0. The highest BCUT2D eigenvalue weighted by Crippen LogP contribution is 2.32. The summed E-state index contributed by atoms with van der Waals surface area (Å²) in [6, 6.07) is 11.8. The molecule has 3 N–H and O–H groups in total. The summed E-state index contributed by atoms with van der Waals surface area (Å²) in [4.78, 5) is 38.6. The van der Waals surface area contributed by atoms with Crippen LogP contribution in [0.5, 0.6) is 0 Å². The number of carboxylic acid groups (broad SMARTS) is 1. The topological polar surface area (TPSA) is 108 Å². The number of hydrogen-bond donors (Lipinski definition) is 3. The van der Waals surface area contributed by atoms with Crippen molar-refractivity contribution in [2.45, 2.75) is 12.6 Å². The van der Waals surface area contributed by atoms with Crippen molar-refractivity contribution in [3.8, 4) is 0 Å². The van der Waals surface area contributed by atoms with E-state index >= 15 is 0 Å². The molecular weight excluding hydrogens is 464 g/mol. The van der Waals surface area contributed by atoms with Gasteiger partial charge in [-0.15, -0.1) is 0 Å². The maximum Gasteiger partial charge on any atom is 0.341 e. The lowest BCUT2D eigenvalue weighted by Crippen LogP contribution is -2.30. The summed E-state index contributed by atoms with van der Waals surface area (Å²) < 4.78 is 5.80. The number of ether oxygens (including phenoxy) is 1. The molecule has 7 nitrogen and oxygen atoms in total. The first-order chi connectivity index (χ1) is 13.8. The monoisotopic (exact) mass is 478 g/mol. The van der Waals surface area contributed by atoms with Crippen LogP contribution >= 0.6 is 27.5 Å². The van der Waals surface area contributed by atoms with Crippen molar-refractivity contribution in [1.29, 1.82) is 0 Å². The van der Waals surface area contributed by atoms with Gasteiger partial charge < -0.3 is 20.1 Å². The fourth-order valence-electron chi connectivity index (χ4n) is 2.98. The van der Waals surface area contributed by atoms with Crippen LogP contribution in [0.15, 0.2) is 51.7 Å². The van der Waals surface area contributed by atoms with Crippen molar-refractivity contribution >= 4 is 50.3 Å². The molecule has 1 aromatic heterocycles. The number of amides is 1. The molecule has 9 heteroatoms. The van der Waals surface area contributed by atoms with Gasteiger partial charge in [0.05, 0.1) is 10.5 Å². The molecule has 0 radical (unpaired) electrons. The Morgan fingerprint density at radius 2 is 1.97 bits per heavy atom. The molecule has 3 aromatic rings. The van der Waals surface area contributed by atoms with Crippen molar-refractivity contribution in [3.63, 3.8) is 0 Å². The molecule has 1 amide bonds. The number of nitrogens with one attached hydrogen (secondary N) is 2. The van der Waals surface area contributed by atoms with Crippen molar-refractivity contribution < 1.29 is 19.4 Å². The van der Waals surface area contributed by atoms with E-state index in [-0.39, 0.29) is 12.5 Å². The fourth-order valence-corrected chi connectivity index (χ4v) is 3.66. The third-order valence-electron chi connectivity index (χ3n) is 4.38. The molecule has 0 saturated carbocycles. The first kappa shape index (κ1) is 21.0. The number of aromatic carboxylic acids is 1. The van der Waals surface area contributed by atoms with E-state index < -0.39 is 23.2 Å². The lowest BCUT2D eigenvalue weighted by molar-refractivity contribution is -0.131. The smallest absolute Gasteiger partial charge is 0.341 e. The Kier molecular flexibility index (Phi) is 6.36. The first-order valence-corrected chi connectivity index (χ1v) is 9.63. The number of pyridine rings is 1. The summed E-state index contributed by atoms with van der Waals surface area (Å²) in [7, 11) is 1.44. The molecule has 150 valence electrons. The van der Waals surface area contributed by atoms with Crippen LogP contribution in [0.25, 0.3) is 10.9 Å². The molecule has 1 unspecified atom stereocenters. The highest BCUT2D eigenvalue weighted by atomic mass is 79.9. The average Bonchev–Trinajstić information content (AvgIpc) is 2.69. The summed E-state index contributed by atoms with van der Waals surface area (Å²) in [5.74, 6) is -1.71. The zero-order valence-corrected chi connectivity index (χ0v) is 17.5. The van der Waals surface area contributed by atoms with E-state index in [1.807, 2.05) is 6.07 Å². The summed E-state index contributed by atoms with van der Waals surface area (Å²) in [5.41, 5.74) is 0.449. The number of benzene rings is 2. The number of hydrogen-bond acceptors (Lipinski definition) is 4. The first-order valence-electron chi connectivity index (χ1n) is 8.46. The molecular formula is C20H16BrClN2O5. The summed E-state index contributed by atoms with van der Waals surface area (Å²) in [6.45, 7) is 0.0333. The largest absolute Gasteiger partial charge is 0.477 e. The lowest BCUT2D eigenvalue weighted by atomic mass is 10.1. The molecule has 0 fully saturated rings. The molecule has 3 rings (SSSR count). The van der Waals surface area contributed by atoms with E-state index in [1.54, 1.807) is 24.3 Å². The van der Waals surface area contributed by atoms with Crippen molar-refractivity contribution in [2.24, 2.45) is 0 Å².